The van der Waals surface area contributed by atoms with Gasteiger partial charge < -0.3 is 24.4 Å². The number of hydrogen-bond acceptors (Lipinski definition) is 7. The molecule has 1 N–H and O–H groups in total. The van der Waals surface area contributed by atoms with E-state index in [0.717, 1.165) is 59.9 Å². The number of rotatable bonds is 4. The molecule has 7 rings (SSSR count). The van der Waals surface area contributed by atoms with Crippen molar-refractivity contribution in [3.05, 3.63) is 60.2 Å². The SMILES string of the molecule is COc1cccc([C@@H]2CCc3nc4ccc(-c5cnc(N6CCN7C(=O)NC[C@@H]7C6)nc5)nc4n32)c1. The first-order valence-electron chi connectivity index (χ1n) is 12.3. The molecule has 3 aliphatic heterocycles. The van der Waals surface area contributed by atoms with E-state index in [9.17, 15) is 4.79 Å². The molecule has 0 bridgehead atoms. The number of imidazole rings is 1. The Bertz CT molecular complexity index is 1470. The van der Waals surface area contributed by atoms with E-state index in [-0.39, 0.29) is 18.1 Å². The molecule has 2 amide bonds. The molecule has 0 radical (unpaired) electrons. The van der Waals surface area contributed by atoms with Crippen molar-refractivity contribution in [1.82, 2.24) is 34.7 Å². The van der Waals surface area contributed by atoms with Crippen molar-refractivity contribution in [3.8, 4) is 17.0 Å². The second kappa shape index (κ2) is 8.18. The minimum absolute atomic E-state index is 0.0254. The van der Waals surface area contributed by atoms with E-state index in [0.29, 0.717) is 19.0 Å². The van der Waals surface area contributed by atoms with E-state index in [4.69, 9.17) is 14.7 Å². The van der Waals surface area contributed by atoms with Gasteiger partial charge in [0.15, 0.2) is 5.65 Å². The lowest BCUT2D eigenvalue weighted by atomic mass is 10.0. The van der Waals surface area contributed by atoms with Crippen molar-refractivity contribution >= 4 is 23.1 Å². The fourth-order valence-corrected chi connectivity index (χ4v) is 5.65. The topological polar surface area (TPSA) is 101 Å². The molecule has 1 aromatic carbocycles. The second-order valence-electron chi connectivity index (χ2n) is 9.52. The number of anilines is 1. The average Bonchev–Trinajstić information content (AvgIpc) is 3.62. The second-order valence-corrected chi connectivity index (χ2v) is 9.52. The van der Waals surface area contributed by atoms with E-state index >= 15 is 0 Å². The molecule has 2 atom stereocenters. The largest absolute Gasteiger partial charge is 0.497 e. The Morgan fingerprint density at radius 2 is 1.97 bits per heavy atom. The number of pyridine rings is 1. The lowest BCUT2D eigenvalue weighted by Gasteiger charge is -2.36. The van der Waals surface area contributed by atoms with Crippen LogP contribution in [0, 0.1) is 0 Å². The zero-order valence-corrected chi connectivity index (χ0v) is 20.0. The fraction of sp³-hybridized carbons (Fsp3) is 0.346. The summed E-state index contributed by atoms with van der Waals surface area (Å²) < 4.78 is 7.71. The predicted octanol–water partition coefficient (Wildman–Crippen LogP) is 2.65. The van der Waals surface area contributed by atoms with Gasteiger partial charge in [-0.2, -0.15) is 0 Å². The lowest BCUT2D eigenvalue weighted by molar-refractivity contribution is 0.197. The maximum atomic E-state index is 11.9. The first kappa shape index (κ1) is 21.1. The first-order chi connectivity index (χ1) is 17.7. The van der Waals surface area contributed by atoms with Crippen molar-refractivity contribution in [2.75, 3.05) is 38.2 Å². The number of carbonyl (C=O) groups is 1. The summed E-state index contributed by atoms with van der Waals surface area (Å²) >= 11 is 0. The number of ether oxygens (including phenoxy) is 1. The van der Waals surface area contributed by atoms with Gasteiger partial charge in [-0.05, 0) is 36.2 Å². The molecular weight excluding hydrogens is 456 g/mol. The number of nitrogens with one attached hydrogen (secondary N) is 1. The van der Waals surface area contributed by atoms with Gasteiger partial charge in [-0.25, -0.2) is 24.7 Å². The van der Waals surface area contributed by atoms with E-state index in [1.54, 1.807) is 7.11 Å². The molecule has 0 spiro atoms. The maximum Gasteiger partial charge on any atom is 0.317 e. The van der Waals surface area contributed by atoms with E-state index in [1.165, 1.54) is 5.56 Å². The van der Waals surface area contributed by atoms with Crippen LogP contribution in [0.5, 0.6) is 5.75 Å². The summed E-state index contributed by atoms with van der Waals surface area (Å²) in [6, 6.07) is 12.6. The smallest absolute Gasteiger partial charge is 0.317 e. The molecule has 182 valence electrons. The summed E-state index contributed by atoms with van der Waals surface area (Å²) in [5.41, 5.74) is 4.67. The third kappa shape index (κ3) is 3.35. The molecule has 10 nitrogen and oxygen atoms in total. The summed E-state index contributed by atoms with van der Waals surface area (Å²) in [7, 11) is 1.69. The number of piperazine rings is 1. The van der Waals surface area contributed by atoms with Gasteiger partial charge in [-0.15, -0.1) is 0 Å². The predicted molar refractivity (Wildman–Crippen MR) is 134 cm³/mol. The number of aromatic nitrogens is 5. The molecule has 10 heteroatoms. The molecule has 0 aliphatic carbocycles. The van der Waals surface area contributed by atoms with Gasteiger partial charge in [0.2, 0.25) is 5.95 Å². The van der Waals surface area contributed by atoms with E-state index < -0.39 is 0 Å². The molecule has 36 heavy (non-hydrogen) atoms. The van der Waals surface area contributed by atoms with Crippen molar-refractivity contribution in [2.45, 2.75) is 24.9 Å². The number of amides is 2. The summed E-state index contributed by atoms with van der Waals surface area (Å²) in [6.07, 6.45) is 5.58. The van der Waals surface area contributed by atoms with Crippen molar-refractivity contribution in [2.24, 2.45) is 0 Å². The number of hydrogen-bond donors (Lipinski definition) is 1. The van der Waals surface area contributed by atoms with Crippen LogP contribution < -0.4 is 15.0 Å². The Hall–Kier alpha value is -4.21. The van der Waals surface area contributed by atoms with Crippen LogP contribution in [0.25, 0.3) is 22.4 Å². The highest BCUT2D eigenvalue weighted by Gasteiger charge is 2.36. The monoisotopic (exact) mass is 482 g/mol. The van der Waals surface area contributed by atoms with Crippen LogP contribution in [-0.2, 0) is 6.42 Å². The molecule has 2 saturated heterocycles. The molecule has 6 heterocycles. The molecular formula is C26H26N8O2. The van der Waals surface area contributed by atoms with Crippen molar-refractivity contribution < 1.29 is 9.53 Å². The molecule has 0 unspecified atom stereocenters. The third-order valence-electron chi connectivity index (χ3n) is 7.49. The van der Waals surface area contributed by atoms with Crippen LogP contribution in [0.4, 0.5) is 10.7 Å². The minimum Gasteiger partial charge on any atom is -0.497 e. The Morgan fingerprint density at radius 3 is 2.83 bits per heavy atom. The number of methoxy groups -OCH3 is 1. The highest BCUT2D eigenvalue weighted by molar-refractivity contribution is 5.78. The number of urea groups is 1. The average molecular weight is 483 g/mol. The Morgan fingerprint density at radius 1 is 1.08 bits per heavy atom. The van der Waals surface area contributed by atoms with Crippen LogP contribution in [0.3, 0.4) is 0 Å². The number of carbonyl (C=O) groups excluding carboxylic acids is 1. The minimum atomic E-state index is 0.0254. The third-order valence-corrected chi connectivity index (χ3v) is 7.49. The van der Waals surface area contributed by atoms with Gasteiger partial charge in [0.25, 0.3) is 0 Å². The number of nitrogens with zero attached hydrogens (tertiary/aromatic N) is 7. The molecule has 3 aromatic heterocycles. The Kier molecular flexibility index (Phi) is 4.80. The van der Waals surface area contributed by atoms with Gasteiger partial charge in [0, 0.05) is 50.6 Å². The van der Waals surface area contributed by atoms with Gasteiger partial charge >= 0.3 is 6.03 Å². The summed E-state index contributed by atoms with van der Waals surface area (Å²) in [5, 5.41) is 2.91. The van der Waals surface area contributed by atoms with E-state index in [1.807, 2.05) is 41.6 Å². The van der Waals surface area contributed by atoms with Gasteiger partial charge in [0.05, 0.1) is 24.9 Å². The van der Waals surface area contributed by atoms with Crippen LogP contribution in [0.15, 0.2) is 48.8 Å². The van der Waals surface area contributed by atoms with Crippen LogP contribution in [0.2, 0.25) is 0 Å². The molecule has 2 fully saturated rings. The van der Waals surface area contributed by atoms with Crippen LogP contribution >= 0.6 is 0 Å². The van der Waals surface area contributed by atoms with Crippen LogP contribution in [0.1, 0.15) is 23.9 Å². The standard InChI is InChI=1S/C26H26N8O2/c1-36-19-4-2-3-16(11-19)22-7-8-23-30-21-6-5-20(31-24(21)34(22)23)17-12-27-25(28-13-17)32-9-10-33-18(15-32)14-29-26(33)35/h2-6,11-13,18,22H,7-10,14-15H2,1H3,(H,29,35)/t18-,22+/m1/s1. The van der Waals surface area contributed by atoms with Crippen molar-refractivity contribution in [1.29, 1.82) is 0 Å². The fourth-order valence-electron chi connectivity index (χ4n) is 5.65. The summed E-state index contributed by atoms with van der Waals surface area (Å²) in [4.78, 5) is 35.1. The van der Waals surface area contributed by atoms with Crippen molar-refractivity contribution in [3.63, 3.8) is 0 Å². The summed E-state index contributed by atoms with van der Waals surface area (Å²) in [5.74, 6) is 2.60. The van der Waals surface area contributed by atoms with Crippen LogP contribution in [-0.4, -0.2) is 74.8 Å². The van der Waals surface area contributed by atoms with Gasteiger partial charge in [-0.3, -0.25) is 0 Å². The molecule has 0 saturated carbocycles. The normalized spacial score (nSPS) is 21.0. The highest BCUT2D eigenvalue weighted by atomic mass is 16.5. The molecule has 4 aromatic rings. The van der Waals surface area contributed by atoms with Gasteiger partial charge in [-0.1, -0.05) is 12.1 Å². The van der Waals surface area contributed by atoms with Gasteiger partial charge in [0.1, 0.15) is 17.1 Å². The first-order valence-corrected chi connectivity index (χ1v) is 12.3. The zero-order chi connectivity index (χ0) is 24.2. The maximum absolute atomic E-state index is 11.9. The Balaban J connectivity index is 1.18. The number of benzene rings is 1. The number of fused-ring (bicyclic) bond motifs is 4. The number of aryl methyl sites for hydroxylation is 1. The van der Waals surface area contributed by atoms with E-state index in [2.05, 4.69) is 36.9 Å². The highest BCUT2D eigenvalue weighted by Crippen LogP contribution is 2.36. The quantitative estimate of drug-likeness (QED) is 0.477. The summed E-state index contributed by atoms with van der Waals surface area (Å²) in [6.45, 7) is 2.81. The molecule has 3 aliphatic rings. The zero-order valence-electron chi connectivity index (χ0n) is 20.0. The lowest BCUT2D eigenvalue weighted by Crippen LogP contribution is -2.52. The Labute approximate surface area is 208 Å².